The number of H-pyrrole nitrogens is 1. The van der Waals surface area contributed by atoms with E-state index < -0.39 is 19.0 Å². The van der Waals surface area contributed by atoms with Gasteiger partial charge >= 0.3 is 6.03 Å². The molecule has 0 unspecified atom stereocenters. The molecular weight excluding hydrogens is 480 g/mol. The maximum atomic E-state index is 13.2. The molecule has 9 nitrogen and oxygen atoms in total. The summed E-state index contributed by atoms with van der Waals surface area (Å²) < 4.78 is 31.9. The minimum absolute atomic E-state index is 0.362. The van der Waals surface area contributed by atoms with Crippen LogP contribution in [0.2, 0.25) is 0 Å². The van der Waals surface area contributed by atoms with Gasteiger partial charge in [-0.15, -0.1) is 0 Å². The predicted octanol–water partition coefficient (Wildman–Crippen LogP) is 4.67. The Morgan fingerprint density at radius 3 is 2.59 bits per heavy atom. The lowest BCUT2D eigenvalue weighted by Gasteiger charge is -2.40. The fourth-order valence-electron chi connectivity index (χ4n) is 4.60. The lowest BCUT2D eigenvalue weighted by Crippen LogP contribution is -2.60. The summed E-state index contributed by atoms with van der Waals surface area (Å²) in [4.78, 5) is 24.4. The van der Waals surface area contributed by atoms with Crippen molar-refractivity contribution in [1.82, 2.24) is 30.0 Å². The molecule has 2 amide bonds. The first-order valence-electron chi connectivity index (χ1n) is 11.7. The summed E-state index contributed by atoms with van der Waals surface area (Å²) in [5.41, 5.74) is 5.41. The average Bonchev–Trinajstić information content (AvgIpc) is 3.57. The number of alkyl halides is 2. The molecule has 37 heavy (non-hydrogen) atoms. The van der Waals surface area contributed by atoms with Crippen LogP contribution in [0.4, 0.5) is 25.1 Å². The number of hydrogen-bond acceptors (Lipinski definition) is 6. The average molecular weight is 504 g/mol. The molecule has 0 spiro atoms. The first-order valence-corrected chi connectivity index (χ1v) is 11.7. The lowest BCUT2D eigenvalue weighted by molar-refractivity contribution is -0.114. The molecule has 0 bridgehead atoms. The fraction of sp³-hybridized carbons (Fsp3) is 0.231. The van der Waals surface area contributed by atoms with Gasteiger partial charge in [-0.25, -0.2) is 23.5 Å². The van der Waals surface area contributed by atoms with Crippen LogP contribution in [-0.4, -0.2) is 62.1 Å². The molecule has 1 fully saturated rings. The second kappa shape index (κ2) is 8.84. The number of halogens is 2. The number of carbonyl (C=O) groups is 1. The molecule has 2 aromatic carbocycles. The van der Waals surface area contributed by atoms with Gasteiger partial charge in [0.1, 0.15) is 11.6 Å². The maximum Gasteiger partial charge on any atom is 0.321 e. The summed E-state index contributed by atoms with van der Waals surface area (Å²) in [6, 6.07) is 13.0. The molecule has 4 heterocycles. The highest BCUT2D eigenvalue weighted by molar-refractivity contribution is 5.77. The van der Waals surface area contributed by atoms with E-state index in [0.717, 1.165) is 33.5 Å². The number of rotatable bonds is 5. The number of hydrogen-bond donors (Lipinski definition) is 2. The molecule has 0 radical (unpaired) electrons. The number of aromatic amines is 1. The van der Waals surface area contributed by atoms with Crippen molar-refractivity contribution in [1.29, 1.82) is 0 Å². The van der Waals surface area contributed by atoms with Crippen LogP contribution in [0, 0.1) is 0 Å². The first-order chi connectivity index (χ1) is 17.9. The number of likely N-dealkylation sites (tertiary alicyclic amines) is 1. The number of nitrogens with zero attached hydrogens (tertiary/aromatic N) is 5. The van der Waals surface area contributed by atoms with Crippen LogP contribution >= 0.6 is 0 Å². The Labute approximate surface area is 211 Å². The minimum Gasteiger partial charge on any atom is -0.495 e. The number of amides is 2. The first kappa shape index (κ1) is 22.9. The Hall–Kier alpha value is -4.54. The number of anilines is 2. The molecule has 0 aliphatic carbocycles. The zero-order chi connectivity index (χ0) is 25.6. The van der Waals surface area contributed by atoms with Crippen molar-refractivity contribution in [2.75, 3.05) is 25.5 Å². The zero-order valence-electron chi connectivity index (χ0n) is 19.9. The van der Waals surface area contributed by atoms with Gasteiger partial charge in [0.2, 0.25) is 0 Å². The molecule has 188 valence electrons. The second-order valence-electron chi connectivity index (χ2n) is 9.13. The molecule has 1 saturated heterocycles. The van der Waals surface area contributed by atoms with Gasteiger partial charge in [0.05, 0.1) is 32.1 Å². The predicted molar refractivity (Wildman–Crippen MR) is 132 cm³/mol. The quantitative estimate of drug-likeness (QED) is 0.411. The van der Waals surface area contributed by atoms with E-state index in [1.165, 1.54) is 4.90 Å². The van der Waals surface area contributed by atoms with E-state index in [1.807, 2.05) is 42.6 Å². The van der Waals surface area contributed by atoms with Crippen molar-refractivity contribution in [3.05, 3.63) is 72.2 Å². The minimum atomic E-state index is -2.78. The number of aromatic nitrogens is 4. The van der Waals surface area contributed by atoms with Crippen LogP contribution in [-0.2, 0) is 13.1 Å². The van der Waals surface area contributed by atoms with Crippen LogP contribution in [0.5, 0.6) is 5.75 Å². The van der Waals surface area contributed by atoms with Gasteiger partial charge in [-0.1, -0.05) is 18.2 Å². The molecule has 4 aromatic rings. The number of ether oxygens (including phenoxy) is 1. The molecule has 2 aliphatic heterocycles. The number of carbonyl (C=O) groups excluding carboxylic acids is 1. The summed E-state index contributed by atoms with van der Waals surface area (Å²) in [7, 11) is 1.61. The number of nitrogens with one attached hydrogen (secondary N) is 2. The van der Waals surface area contributed by atoms with Crippen molar-refractivity contribution >= 4 is 17.5 Å². The highest BCUT2D eigenvalue weighted by atomic mass is 19.3. The lowest BCUT2D eigenvalue weighted by atomic mass is 10.1. The summed E-state index contributed by atoms with van der Waals surface area (Å²) in [5.74, 6) is -1.01. The van der Waals surface area contributed by atoms with Gasteiger partial charge in [-0.05, 0) is 41.0 Å². The van der Waals surface area contributed by atoms with Gasteiger partial charge in [0, 0.05) is 36.6 Å². The van der Waals surface area contributed by atoms with Crippen molar-refractivity contribution < 1.29 is 18.3 Å². The Bertz CT molecular complexity index is 1470. The van der Waals surface area contributed by atoms with E-state index in [0.29, 0.717) is 30.5 Å². The van der Waals surface area contributed by atoms with Gasteiger partial charge in [-0.2, -0.15) is 5.10 Å². The number of benzene rings is 2. The molecule has 6 rings (SSSR count). The second-order valence-corrected chi connectivity index (χ2v) is 9.13. The third kappa shape index (κ3) is 4.44. The van der Waals surface area contributed by atoms with Gasteiger partial charge in [0.15, 0.2) is 5.82 Å². The van der Waals surface area contributed by atoms with Gasteiger partial charge in [-0.3, -0.25) is 5.10 Å². The number of urea groups is 1. The number of fused-ring (bicyclic) bond motifs is 1. The SMILES string of the molecule is COc1cc(-c2cn[nH]c2)ccc1Nc1ccnc(-c2ccc3c(c2)CN(C(=O)N2CC(F)(F)C2)C3)n1. The summed E-state index contributed by atoms with van der Waals surface area (Å²) >= 11 is 0. The highest BCUT2D eigenvalue weighted by Gasteiger charge is 2.47. The van der Waals surface area contributed by atoms with Gasteiger partial charge < -0.3 is 19.9 Å². The van der Waals surface area contributed by atoms with Crippen molar-refractivity contribution in [2.24, 2.45) is 0 Å². The van der Waals surface area contributed by atoms with E-state index in [-0.39, 0.29) is 6.03 Å². The Kier molecular flexibility index (Phi) is 5.47. The summed E-state index contributed by atoms with van der Waals surface area (Å²) in [5, 5.41) is 10.1. The number of methoxy groups -OCH3 is 1. The van der Waals surface area contributed by atoms with Crippen molar-refractivity contribution in [3.8, 4) is 28.3 Å². The third-order valence-electron chi connectivity index (χ3n) is 6.52. The largest absolute Gasteiger partial charge is 0.495 e. The molecule has 0 atom stereocenters. The van der Waals surface area contributed by atoms with Crippen LogP contribution in [0.25, 0.3) is 22.5 Å². The molecular formula is C26H23F2N7O2. The zero-order valence-corrected chi connectivity index (χ0v) is 19.9. The Balaban J connectivity index is 1.19. The van der Waals surface area contributed by atoms with Gasteiger partial charge in [0.25, 0.3) is 5.92 Å². The monoisotopic (exact) mass is 503 g/mol. The standard InChI is InChI=1S/C26H23F2N7O2/c1-37-22-9-16(20-10-30-31-11-20)4-5-21(22)32-23-6-7-29-24(33-23)17-2-3-18-12-34(13-19(18)8-17)25(36)35-14-26(27,28)15-35/h2-11H,12-15H2,1H3,(H,30,31)(H,29,32,33). The maximum absolute atomic E-state index is 13.2. The van der Waals surface area contributed by atoms with E-state index in [1.54, 1.807) is 30.5 Å². The normalized spacial score (nSPS) is 15.8. The van der Waals surface area contributed by atoms with Crippen LogP contribution in [0.3, 0.4) is 0 Å². The highest BCUT2D eigenvalue weighted by Crippen LogP contribution is 2.34. The summed E-state index contributed by atoms with van der Waals surface area (Å²) in [6.07, 6.45) is 5.23. The topological polar surface area (TPSA) is 99.3 Å². The smallest absolute Gasteiger partial charge is 0.321 e. The van der Waals surface area contributed by atoms with E-state index >= 15 is 0 Å². The molecule has 2 aliphatic rings. The Morgan fingerprint density at radius 1 is 1.03 bits per heavy atom. The third-order valence-corrected chi connectivity index (χ3v) is 6.52. The molecule has 11 heteroatoms. The summed E-state index contributed by atoms with van der Waals surface area (Å²) in [6.45, 7) is -0.279. The van der Waals surface area contributed by atoms with E-state index in [4.69, 9.17) is 4.74 Å². The van der Waals surface area contributed by atoms with Crippen molar-refractivity contribution in [3.63, 3.8) is 0 Å². The molecule has 0 saturated carbocycles. The van der Waals surface area contributed by atoms with E-state index in [2.05, 4.69) is 25.5 Å². The fourth-order valence-corrected chi connectivity index (χ4v) is 4.60. The Morgan fingerprint density at radius 2 is 1.84 bits per heavy atom. The van der Waals surface area contributed by atoms with Crippen LogP contribution in [0.15, 0.2) is 61.1 Å². The molecule has 2 N–H and O–H groups in total. The van der Waals surface area contributed by atoms with Crippen molar-refractivity contribution in [2.45, 2.75) is 19.0 Å². The van der Waals surface area contributed by atoms with Crippen LogP contribution < -0.4 is 10.1 Å². The van der Waals surface area contributed by atoms with E-state index in [9.17, 15) is 13.6 Å². The molecule has 2 aromatic heterocycles. The van der Waals surface area contributed by atoms with Crippen LogP contribution in [0.1, 0.15) is 11.1 Å².